The van der Waals surface area contributed by atoms with Crippen molar-refractivity contribution in [1.29, 1.82) is 0 Å². The van der Waals surface area contributed by atoms with Crippen LogP contribution in [0.4, 0.5) is 5.82 Å². The first kappa shape index (κ1) is 22.1. The summed E-state index contributed by atoms with van der Waals surface area (Å²) < 4.78 is 1.78. The Bertz CT molecular complexity index is 920. The molecule has 6 heteroatoms. The van der Waals surface area contributed by atoms with Crippen LogP contribution in [0.2, 0.25) is 0 Å². The van der Waals surface area contributed by atoms with Crippen LogP contribution in [0.3, 0.4) is 0 Å². The lowest BCUT2D eigenvalue weighted by molar-refractivity contribution is -0.136. The summed E-state index contributed by atoms with van der Waals surface area (Å²) in [5, 5.41) is 7.77. The largest absolute Gasteiger partial charge is 0.333 e. The van der Waals surface area contributed by atoms with Crippen LogP contribution in [-0.4, -0.2) is 39.6 Å². The van der Waals surface area contributed by atoms with Crippen molar-refractivity contribution < 1.29 is 9.59 Å². The molecule has 0 bridgehead atoms. The molecule has 1 heterocycles. The topological polar surface area (TPSA) is 67.2 Å². The third-order valence-corrected chi connectivity index (χ3v) is 5.15. The quantitative estimate of drug-likeness (QED) is 0.739. The average Bonchev–Trinajstić information content (AvgIpc) is 3.39. The smallest absolute Gasteiger partial charge is 0.245 e. The van der Waals surface area contributed by atoms with Crippen molar-refractivity contribution in [2.45, 2.75) is 59.8 Å². The molecule has 1 saturated carbocycles. The van der Waals surface area contributed by atoms with E-state index in [0.717, 1.165) is 29.8 Å². The molecule has 3 rings (SSSR count). The van der Waals surface area contributed by atoms with E-state index in [1.54, 1.807) is 9.58 Å². The minimum atomic E-state index is -0.195. The number of anilines is 1. The van der Waals surface area contributed by atoms with E-state index in [1.165, 1.54) is 0 Å². The Morgan fingerprint density at radius 2 is 1.93 bits per heavy atom. The molecule has 162 valence electrons. The van der Waals surface area contributed by atoms with Crippen LogP contribution in [-0.2, 0) is 15.0 Å². The van der Waals surface area contributed by atoms with E-state index in [4.69, 9.17) is 5.10 Å². The van der Waals surface area contributed by atoms with E-state index in [9.17, 15) is 9.59 Å². The number of nitrogens with zero attached hydrogens (tertiary/aromatic N) is 3. The van der Waals surface area contributed by atoms with Gasteiger partial charge in [0, 0.05) is 23.9 Å². The molecule has 0 atom stereocenters. The maximum absolute atomic E-state index is 12.9. The van der Waals surface area contributed by atoms with E-state index >= 15 is 0 Å². The zero-order valence-corrected chi connectivity index (χ0v) is 19.0. The van der Waals surface area contributed by atoms with Gasteiger partial charge in [-0.15, -0.1) is 0 Å². The van der Waals surface area contributed by atoms with Crippen LogP contribution in [0.1, 0.15) is 58.7 Å². The summed E-state index contributed by atoms with van der Waals surface area (Å²) in [5.74, 6) is 0.937. The van der Waals surface area contributed by atoms with Crippen LogP contribution in [0.25, 0.3) is 5.69 Å². The molecule has 0 radical (unpaired) electrons. The number of aryl methyl sites for hydroxylation is 1. The van der Waals surface area contributed by atoms with Gasteiger partial charge in [0.2, 0.25) is 11.8 Å². The molecule has 0 aliphatic heterocycles. The van der Waals surface area contributed by atoms with Crippen molar-refractivity contribution in [3.8, 4) is 5.69 Å². The van der Waals surface area contributed by atoms with Gasteiger partial charge in [0.1, 0.15) is 5.82 Å². The number of carbonyl (C=O) groups excluding carboxylic acids is 2. The molecule has 0 saturated heterocycles. The van der Waals surface area contributed by atoms with E-state index < -0.39 is 0 Å². The van der Waals surface area contributed by atoms with E-state index in [2.05, 4.69) is 39.9 Å². The summed E-state index contributed by atoms with van der Waals surface area (Å²) in [5.41, 5.74) is 2.76. The first-order valence-electron chi connectivity index (χ1n) is 10.8. The standard InChI is InChI=1S/C24H34N4O2/c1-16(2)14-27(23(30)18-10-11-18)15-22(29)25-21-13-20(24(4,5)6)26-28(21)19-9-7-8-17(3)12-19/h7-9,12-13,16,18H,10-11,14-15H2,1-6H3,(H,25,29). The third kappa shape index (κ3) is 5.49. The number of hydrogen-bond acceptors (Lipinski definition) is 3. The van der Waals surface area contributed by atoms with Gasteiger partial charge in [0.25, 0.3) is 0 Å². The highest BCUT2D eigenvalue weighted by molar-refractivity contribution is 5.94. The molecule has 30 heavy (non-hydrogen) atoms. The van der Waals surface area contributed by atoms with Crippen LogP contribution < -0.4 is 5.32 Å². The van der Waals surface area contributed by atoms with Crippen LogP contribution >= 0.6 is 0 Å². The van der Waals surface area contributed by atoms with Crippen molar-refractivity contribution in [2.24, 2.45) is 11.8 Å². The lowest BCUT2D eigenvalue weighted by Gasteiger charge is -2.24. The van der Waals surface area contributed by atoms with Crippen molar-refractivity contribution in [3.05, 3.63) is 41.6 Å². The van der Waals surface area contributed by atoms with Gasteiger partial charge in [-0.3, -0.25) is 9.59 Å². The SMILES string of the molecule is Cc1cccc(-n2nc(C(C)(C)C)cc2NC(=O)CN(CC(C)C)C(=O)C2CC2)c1. The number of hydrogen-bond donors (Lipinski definition) is 1. The number of benzene rings is 1. The average molecular weight is 411 g/mol. The van der Waals surface area contributed by atoms with Gasteiger partial charge in [0.15, 0.2) is 0 Å². The maximum Gasteiger partial charge on any atom is 0.245 e. The summed E-state index contributed by atoms with van der Waals surface area (Å²) in [7, 11) is 0. The number of aromatic nitrogens is 2. The fourth-order valence-electron chi connectivity index (χ4n) is 3.41. The second kappa shape index (κ2) is 8.62. The second-order valence-corrected chi connectivity index (χ2v) is 9.85. The monoisotopic (exact) mass is 410 g/mol. The fraction of sp³-hybridized carbons (Fsp3) is 0.542. The molecule has 1 aromatic heterocycles. The van der Waals surface area contributed by atoms with Crippen molar-refractivity contribution >= 4 is 17.6 Å². The first-order valence-corrected chi connectivity index (χ1v) is 10.8. The number of nitrogens with one attached hydrogen (secondary N) is 1. The van der Waals surface area contributed by atoms with Gasteiger partial charge in [-0.25, -0.2) is 4.68 Å². The van der Waals surface area contributed by atoms with Crippen molar-refractivity contribution in [2.75, 3.05) is 18.4 Å². The van der Waals surface area contributed by atoms with Gasteiger partial charge in [-0.2, -0.15) is 5.10 Å². The van der Waals surface area contributed by atoms with Crippen LogP contribution in [0.5, 0.6) is 0 Å². The highest BCUT2D eigenvalue weighted by Gasteiger charge is 2.34. The maximum atomic E-state index is 12.9. The Labute approximate surface area is 179 Å². The zero-order chi connectivity index (χ0) is 22.1. The lowest BCUT2D eigenvalue weighted by Crippen LogP contribution is -2.41. The molecule has 1 aliphatic carbocycles. The van der Waals surface area contributed by atoms with E-state index in [-0.39, 0.29) is 29.7 Å². The number of amides is 2. The zero-order valence-electron chi connectivity index (χ0n) is 19.0. The summed E-state index contributed by atoms with van der Waals surface area (Å²) >= 11 is 0. The highest BCUT2D eigenvalue weighted by Crippen LogP contribution is 2.31. The van der Waals surface area contributed by atoms with E-state index in [1.807, 2.05) is 37.3 Å². The highest BCUT2D eigenvalue weighted by atomic mass is 16.2. The van der Waals surface area contributed by atoms with Crippen molar-refractivity contribution in [1.82, 2.24) is 14.7 Å². The predicted octanol–water partition coefficient (Wildman–Crippen LogP) is 4.31. The molecule has 2 aromatic rings. The molecule has 1 aliphatic rings. The molecule has 2 amide bonds. The molecular formula is C24H34N4O2. The molecule has 0 spiro atoms. The van der Waals surface area contributed by atoms with Gasteiger partial charge < -0.3 is 10.2 Å². The van der Waals surface area contributed by atoms with Crippen LogP contribution in [0, 0.1) is 18.8 Å². The van der Waals surface area contributed by atoms with Crippen molar-refractivity contribution in [3.63, 3.8) is 0 Å². The Morgan fingerprint density at radius 3 is 2.50 bits per heavy atom. The summed E-state index contributed by atoms with van der Waals surface area (Å²) in [6, 6.07) is 9.95. The summed E-state index contributed by atoms with van der Waals surface area (Å²) in [4.78, 5) is 27.2. The molecule has 1 fully saturated rings. The molecule has 1 aromatic carbocycles. The van der Waals surface area contributed by atoms with Gasteiger partial charge in [-0.05, 0) is 43.4 Å². The Kier molecular flexibility index (Phi) is 6.34. The lowest BCUT2D eigenvalue weighted by atomic mass is 9.92. The summed E-state index contributed by atoms with van der Waals surface area (Å²) in [6.07, 6.45) is 1.87. The minimum absolute atomic E-state index is 0.0668. The molecule has 6 nitrogen and oxygen atoms in total. The predicted molar refractivity (Wildman–Crippen MR) is 120 cm³/mol. The second-order valence-electron chi connectivity index (χ2n) is 9.85. The Hall–Kier alpha value is -2.63. The van der Waals surface area contributed by atoms with Crippen LogP contribution in [0.15, 0.2) is 30.3 Å². The fourth-order valence-corrected chi connectivity index (χ4v) is 3.41. The number of carbonyl (C=O) groups is 2. The molecular weight excluding hydrogens is 376 g/mol. The Morgan fingerprint density at radius 1 is 1.23 bits per heavy atom. The summed E-state index contributed by atoms with van der Waals surface area (Å²) in [6.45, 7) is 13.1. The first-order chi connectivity index (χ1) is 14.0. The number of rotatable bonds is 7. The van der Waals surface area contributed by atoms with Gasteiger partial charge >= 0.3 is 0 Å². The Balaban J connectivity index is 1.84. The third-order valence-electron chi connectivity index (χ3n) is 5.15. The molecule has 1 N–H and O–H groups in total. The normalized spacial score (nSPS) is 14.1. The van der Waals surface area contributed by atoms with Gasteiger partial charge in [-0.1, -0.05) is 46.8 Å². The van der Waals surface area contributed by atoms with E-state index in [0.29, 0.717) is 18.3 Å². The molecule has 0 unspecified atom stereocenters. The van der Waals surface area contributed by atoms with Gasteiger partial charge in [0.05, 0.1) is 17.9 Å². The minimum Gasteiger partial charge on any atom is -0.333 e.